The SMILES string of the molecule is Cc1cnc(NCC(CC(C)C)C(=O)O)c([N+](=O)[O-])c1. The van der Waals surface area contributed by atoms with Crippen LogP contribution in [0.5, 0.6) is 0 Å². The number of anilines is 1. The van der Waals surface area contributed by atoms with Crippen LogP contribution in [0.15, 0.2) is 12.3 Å². The number of nitrogens with one attached hydrogen (secondary N) is 1. The first-order valence-corrected chi connectivity index (χ1v) is 6.39. The first-order valence-electron chi connectivity index (χ1n) is 6.39. The molecule has 1 unspecified atom stereocenters. The highest BCUT2D eigenvalue weighted by Crippen LogP contribution is 2.23. The summed E-state index contributed by atoms with van der Waals surface area (Å²) in [4.78, 5) is 25.5. The highest BCUT2D eigenvalue weighted by molar-refractivity contribution is 5.71. The molecule has 0 aromatic carbocycles. The number of hydrogen-bond donors (Lipinski definition) is 2. The van der Waals surface area contributed by atoms with Gasteiger partial charge in [0.2, 0.25) is 5.82 Å². The van der Waals surface area contributed by atoms with E-state index in [1.165, 1.54) is 12.3 Å². The number of aromatic nitrogens is 1. The van der Waals surface area contributed by atoms with Crippen LogP contribution in [0.4, 0.5) is 11.5 Å². The average Bonchev–Trinajstić information content (AvgIpc) is 2.34. The average molecular weight is 281 g/mol. The standard InChI is InChI=1S/C13H19N3O4/c1-8(2)4-10(13(17)18)7-15-12-11(16(19)20)5-9(3)6-14-12/h5-6,8,10H,4,7H2,1-3H3,(H,14,15)(H,17,18). The number of pyridine rings is 1. The van der Waals surface area contributed by atoms with Gasteiger partial charge in [-0.25, -0.2) is 4.98 Å². The minimum atomic E-state index is -0.916. The molecule has 7 nitrogen and oxygen atoms in total. The van der Waals surface area contributed by atoms with Crippen LogP contribution in [0.25, 0.3) is 0 Å². The van der Waals surface area contributed by atoms with Crippen molar-refractivity contribution in [2.45, 2.75) is 27.2 Å². The van der Waals surface area contributed by atoms with Crippen LogP contribution >= 0.6 is 0 Å². The second kappa shape index (κ2) is 6.83. The Morgan fingerprint density at radius 2 is 2.20 bits per heavy atom. The number of carboxylic acids is 1. The molecule has 0 aliphatic heterocycles. The zero-order valence-corrected chi connectivity index (χ0v) is 11.8. The van der Waals surface area contributed by atoms with E-state index in [0.29, 0.717) is 12.0 Å². The molecule has 0 saturated heterocycles. The van der Waals surface area contributed by atoms with Gasteiger partial charge in [-0.15, -0.1) is 0 Å². The summed E-state index contributed by atoms with van der Waals surface area (Å²) in [6.07, 6.45) is 2.01. The fourth-order valence-corrected chi connectivity index (χ4v) is 1.89. The number of hydrogen-bond acceptors (Lipinski definition) is 5. The van der Waals surface area contributed by atoms with Gasteiger partial charge in [-0.3, -0.25) is 14.9 Å². The third-order valence-corrected chi connectivity index (χ3v) is 2.82. The monoisotopic (exact) mass is 281 g/mol. The summed E-state index contributed by atoms with van der Waals surface area (Å²) in [5.41, 5.74) is 0.540. The lowest BCUT2D eigenvalue weighted by Crippen LogP contribution is -2.25. The van der Waals surface area contributed by atoms with Crippen molar-refractivity contribution in [2.75, 3.05) is 11.9 Å². The lowest BCUT2D eigenvalue weighted by molar-refractivity contribution is -0.384. The second-order valence-electron chi connectivity index (χ2n) is 5.18. The summed E-state index contributed by atoms with van der Waals surface area (Å²) < 4.78 is 0. The van der Waals surface area contributed by atoms with E-state index in [1.807, 2.05) is 13.8 Å². The maximum atomic E-state index is 11.1. The molecule has 0 fully saturated rings. The number of carboxylic acid groups (broad SMARTS) is 1. The Hall–Kier alpha value is -2.18. The van der Waals surface area contributed by atoms with Crippen molar-refractivity contribution >= 4 is 17.5 Å². The Morgan fingerprint density at radius 3 is 2.70 bits per heavy atom. The summed E-state index contributed by atoms with van der Waals surface area (Å²) in [5, 5.41) is 22.8. The molecule has 0 amide bonds. The molecule has 0 spiro atoms. The zero-order valence-electron chi connectivity index (χ0n) is 11.8. The predicted octanol–water partition coefficient (Wildman–Crippen LogP) is 2.46. The second-order valence-corrected chi connectivity index (χ2v) is 5.18. The summed E-state index contributed by atoms with van der Waals surface area (Å²) in [7, 11) is 0. The summed E-state index contributed by atoms with van der Waals surface area (Å²) in [5.74, 6) is -1.17. The Kier molecular flexibility index (Phi) is 5.42. The molecule has 0 bridgehead atoms. The number of carbonyl (C=O) groups is 1. The van der Waals surface area contributed by atoms with Crippen LogP contribution in [0.1, 0.15) is 25.8 Å². The third-order valence-electron chi connectivity index (χ3n) is 2.82. The highest BCUT2D eigenvalue weighted by Gasteiger charge is 2.21. The Morgan fingerprint density at radius 1 is 1.55 bits per heavy atom. The Bertz CT molecular complexity index is 502. The van der Waals surface area contributed by atoms with E-state index in [1.54, 1.807) is 6.92 Å². The quantitative estimate of drug-likeness (QED) is 0.587. The van der Waals surface area contributed by atoms with Gasteiger partial charge in [0.25, 0.3) is 0 Å². The minimum absolute atomic E-state index is 0.107. The largest absolute Gasteiger partial charge is 0.481 e. The summed E-state index contributed by atoms with van der Waals surface area (Å²) in [6.45, 7) is 5.69. The van der Waals surface area contributed by atoms with Gasteiger partial charge in [0.05, 0.1) is 10.8 Å². The zero-order chi connectivity index (χ0) is 15.3. The Labute approximate surface area is 117 Å². The van der Waals surface area contributed by atoms with Crippen molar-refractivity contribution in [3.05, 3.63) is 27.9 Å². The Balaban J connectivity index is 2.82. The topological polar surface area (TPSA) is 105 Å². The number of nitrogens with zero attached hydrogens (tertiary/aromatic N) is 2. The van der Waals surface area contributed by atoms with Crippen molar-refractivity contribution < 1.29 is 14.8 Å². The van der Waals surface area contributed by atoms with Gasteiger partial charge in [-0.1, -0.05) is 13.8 Å². The van der Waals surface area contributed by atoms with E-state index in [4.69, 9.17) is 5.11 Å². The lowest BCUT2D eigenvalue weighted by Gasteiger charge is -2.15. The van der Waals surface area contributed by atoms with Crippen molar-refractivity contribution in [3.8, 4) is 0 Å². The van der Waals surface area contributed by atoms with E-state index in [9.17, 15) is 14.9 Å². The molecular formula is C13H19N3O4. The van der Waals surface area contributed by atoms with Crippen molar-refractivity contribution in [1.29, 1.82) is 0 Å². The van der Waals surface area contributed by atoms with Crippen LogP contribution in [-0.4, -0.2) is 27.5 Å². The third kappa shape index (κ3) is 4.49. The van der Waals surface area contributed by atoms with E-state index >= 15 is 0 Å². The molecule has 110 valence electrons. The molecule has 1 atom stereocenters. The first kappa shape index (κ1) is 15.9. The first-order chi connectivity index (χ1) is 9.31. The van der Waals surface area contributed by atoms with Gasteiger partial charge in [0.1, 0.15) is 0 Å². The van der Waals surface area contributed by atoms with Gasteiger partial charge in [-0.2, -0.15) is 0 Å². The number of aliphatic carboxylic acids is 1. The predicted molar refractivity (Wildman–Crippen MR) is 74.7 cm³/mol. The van der Waals surface area contributed by atoms with E-state index < -0.39 is 16.8 Å². The number of rotatable bonds is 7. The van der Waals surface area contributed by atoms with Crippen molar-refractivity contribution in [1.82, 2.24) is 4.98 Å². The summed E-state index contributed by atoms with van der Waals surface area (Å²) >= 11 is 0. The van der Waals surface area contributed by atoms with Crippen LogP contribution < -0.4 is 5.32 Å². The van der Waals surface area contributed by atoms with Gasteiger partial charge in [0.15, 0.2) is 0 Å². The van der Waals surface area contributed by atoms with Crippen LogP contribution in [-0.2, 0) is 4.79 Å². The van der Waals surface area contributed by atoms with Gasteiger partial charge >= 0.3 is 11.7 Å². The molecular weight excluding hydrogens is 262 g/mol. The van der Waals surface area contributed by atoms with Gasteiger partial charge in [-0.05, 0) is 24.8 Å². The molecule has 0 aliphatic carbocycles. The highest BCUT2D eigenvalue weighted by atomic mass is 16.6. The maximum absolute atomic E-state index is 11.1. The normalized spacial score (nSPS) is 12.2. The van der Waals surface area contributed by atoms with E-state index in [0.717, 1.165) is 0 Å². The smallest absolute Gasteiger partial charge is 0.311 e. The molecule has 1 heterocycles. The fourth-order valence-electron chi connectivity index (χ4n) is 1.89. The molecule has 0 radical (unpaired) electrons. The van der Waals surface area contributed by atoms with Crippen LogP contribution in [0.2, 0.25) is 0 Å². The molecule has 20 heavy (non-hydrogen) atoms. The van der Waals surface area contributed by atoms with Crippen molar-refractivity contribution in [2.24, 2.45) is 11.8 Å². The molecule has 0 saturated carbocycles. The minimum Gasteiger partial charge on any atom is -0.481 e. The molecule has 0 aliphatic rings. The van der Waals surface area contributed by atoms with E-state index in [-0.39, 0.29) is 24.0 Å². The van der Waals surface area contributed by atoms with Crippen LogP contribution in [0, 0.1) is 28.9 Å². The van der Waals surface area contributed by atoms with Crippen LogP contribution in [0.3, 0.4) is 0 Å². The molecule has 7 heteroatoms. The lowest BCUT2D eigenvalue weighted by atomic mass is 9.97. The molecule has 1 aromatic rings. The van der Waals surface area contributed by atoms with E-state index in [2.05, 4.69) is 10.3 Å². The number of aryl methyl sites for hydroxylation is 1. The molecule has 2 N–H and O–H groups in total. The van der Waals surface area contributed by atoms with Gasteiger partial charge < -0.3 is 10.4 Å². The molecule has 1 rings (SSSR count). The fraction of sp³-hybridized carbons (Fsp3) is 0.538. The van der Waals surface area contributed by atoms with Gasteiger partial charge in [0, 0.05) is 18.8 Å². The van der Waals surface area contributed by atoms with Crippen molar-refractivity contribution in [3.63, 3.8) is 0 Å². The molecule has 1 aromatic heterocycles. The number of nitro groups is 1. The summed E-state index contributed by atoms with van der Waals surface area (Å²) in [6, 6.07) is 1.41. The maximum Gasteiger partial charge on any atom is 0.311 e.